The van der Waals surface area contributed by atoms with Gasteiger partial charge in [-0.25, -0.2) is 0 Å². The molecule has 0 atom stereocenters. The zero-order valence-corrected chi connectivity index (χ0v) is 8.52. The molecule has 0 saturated carbocycles. The molecule has 0 spiro atoms. The summed E-state index contributed by atoms with van der Waals surface area (Å²) in [5.74, 6) is 0.751. The summed E-state index contributed by atoms with van der Waals surface area (Å²) in [6.45, 7) is 2.79. The normalized spacial score (nSPS) is 10.5. The highest BCUT2D eigenvalue weighted by atomic mass is 32.1. The fourth-order valence-electron chi connectivity index (χ4n) is 1.07. The topological polar surface area (TPSA) is 59.4 Å². The van der Waals surface area contributed by atoms with Gasteiger partial charge in [-0.1, -0.05) is 4.49 Å². The zero-order valence-electron chi connectivity index (χ0n) is 6.89. The Bertz CT molecular complexity index is 440. The number of rotatable bonds is 2. The predicted molar refractivity (Wildman–Crippen MR) is 52.0 cm³/mol. The van der Waals surface area contributed by atoms with Crippen LogP contribution in [0.25, 0.3) is 11.5 Å². The highest BCUT2D eigenvalue weighted by Crippen LogP contribution is 2.14. The van der Waals surface area contributed by atoms with Crippen molar-refractivity contribution in [2.45, 2.75) is 13.5 Å². The van der Waals surface area contributed by atoms with Crippen LogP contribution in [0, 0.1) is 4.77 Å². The van der Waals surface area contributed by atoms with Crippen LogP contribution < -0.4 is 0 Å². The van der Waals surface area contributed by atoms with Crippen molar-refractivity contribution in [3.8, 4) is 11.5 Å². The summed E-state index contributed by atoms with van der Waals surface area (Å²) in [7, 11) is 0. The Balaban J connectivity index is 2.58. The van der Waals surface area contributed by atoms with E-state index in [1.165, 1.54) is 11.5 Å². The lowest BCUT2D eigenvalue weighted by Gasteiger charge is -1.97. The Labute approximate surface area is 83.6 Å². The largest absolute Gasteiger partial charge is 0.299 e. The first-order valence-corrected chi connectivity index (χ1v) is 5.00. The fraction of sp³-hybridized carbons (Fsp3) is 0.333. The van der Waals surface area contributed by atoms with Crippen LogP contribution in [0.2, 0.25) is 0 Å². The van der Waals surface area contributed by atoms with Crippen molar-refractivity contribution in [3.05, 3.63) is 10.2 Å². The van der Waals surface area contributed by atoms with Crippen LogP contribution in [0.4, 0.5) is 0 Å². The highest BCUT2D eigenvalue weighted by Gasteiger charge is 2.09. The Kier molecular flexibility index (Phi) is 2.19. The molecule has 0 fully saturated rings. The second-order valence-electron chi connectivity index (χ2n) is 2.39. The van der Waals surface area contributed by atoms with E-state index in [4.69, 9.17) is 12.2 Å². The Hall–Kier alpha value is -1.08. The zero-order chi connectivity index (χ0) is 9.26. The summed E-state index contributed by atoms with van der Waals surface area (Å²) in [6, 6.07) is 0. The van der Waals surface area contributed by atoms with Crippen molar-refractivity contribution in [1.29, 1.82) is 0 Å². The van der Waals surface area contributed by atoms with Gasteiger partial charge < -0.3 is 0 Å². The average Bonchev–Trinajstić information content (AvgIpc) is 2.71. The van der Waals surface area contributed by atoms with Gasteiger partial charge in [-0.2, -0.15) is 5.10 Å². The smallest absolute Gasteiger partial charge is 0.195 e. The number of hydrogen-bond donors (Lipinski definition) is 1. The molecule has 0 amide bonds. The molecule has 0 radical (unpaired) electrons. The third kappa shape index (κ3) is 1.40. The molecule has 0 unspecified atom stereocenters. The summed E-state index contributed by atoms with van der Waals surface area (Å²) in [5.41, 5.74) is 0.763. The summed E-state index contributed by atoms with van der Waals surface area (Å²) in [4.78, 5) is 0. The van der Waals surface area contributed by atoms with Crippen molar-refractivity contribution in [3.63, 3.8) is 0 Å². The molecule has 0 aliphatic carbocycles. The third-order valence-electron chi connectivity index (χ3n) is 1.66. The molecule has 5 nitrogen and oxygen atoms in total. The van der Waals surface area contributed by atoms with Crippen LogP contribution in [-0.4, -0.2) is 24.4 Å². The maximum atomic E-state index is 5.05. The first-order valence-electron chi connectivity index (χ1n) is 3.75. The minimum absolute atomic E-state index is 0.616. The quantitative estimate of drug-likeness (QED) is 0.768. The van der Waals surface area contributed by atoms with Crippen molar-refractivity contribution in [2.24, 2.45) is 0 Å². The molecular weight excluding hydrogens is 206 g/mol. The molecule has 68 valence electrons. The van der Waals surface area contributed by atoms with E-state index in [1.54, 1.807) is 0 Å². The summed E-state index contributed by atoms with van der Waals surface area (Å²) >= 11 is 6.35. The lowest BCUT2D eigenvalue weighted by atomic mass is 10.4. The maximum absolute atomic E-state index is 5.05. The first kappa shape index (κ1) is 8.52. The minimum Gasteiger partial charge on any atom is -0.299 e. The van der Waals surface area contributed by atoms with E-state index >= 15 is 0 Å². The van der Waals surface area contributed by atoms with Crippen LogP contribution in [0.1, 0.15) is 6.92 Å². The molecule has 2 rings (SSSR count). The molecule has 0 aliphatic heterocycles. The number of H-pyrrole nitrogens is 1. The lowest BCUT2D eigenvalue weighted by Crippen LogP contribution is -1.97. The van der Waals surface area contributed by atoms with Gasteiger partial charge >= 0.3 is 0 Å². The molecule has 13 heavy (non-hydrogen) atoms. The molecule has 2 aromatic rings. The third-order valence-corrected chi connectivity index (χ3v) is 2.48. The monoisotopic (exact) mass is 213 g/mol. The van der Waals surface area contributed by atoms with Crippen molar-refractivity contribution in [2.75, 3.05) is 0 Å². The predicted octanol–water partition coefficient (Wildman–Crippen LogP) is 1.48. The Morgan fingerprint density at radius 2 is 2.54 bits per heavy atom. The van der Waals surface area contributed by atoms with E-state index in [2.05, 4.69) is 19.8 Å². The molecule has 0 bridgehead atoms. The second kappa shape index (κ2) is 3.35. The van der Waals surface area contributed by atoms with E-state index in [1.807, 2.05) is 16.9 Å². The van der Waals surface area contributed by atoms with Crippen LogP contribution in [-0.2, 0) is 6.54 Å². The molecule has 7 heteroatoms. The SMILES string of the molecule is CCn1c(-c2csnn2)n[nH]c1=S. The van der Waals surface area contributed by atoms with Gasteiger partial charge in [0.05, 0.1) is 0 Å². The van der Waals surface area contributed by atoms with Crippen LogP contribution in [0.15, 0.2) is 5.38 Å². The number of hydrogen-bond acceptors (Lipinski definition) is 5. The molecule has 1 N–H and O–H groups in total. The van der Waals surface area contributed by atoms with Crippen molar-refractivity contribution in [1.82, 2.24) is 24.4 Å². The molecule has 0 saturated heterocycles. The minimum atomic E-state index is 0.616. The van der Waals surface area contributed by atoms with Crippen LogP contribution in [0.3, 0.4) is 0 Å². The fourth-order valence-corrected chi connectivity index (χ4v) is 1.76. The summed E-state index contributed by atoms with van der Waals surface area (Å²) in [6.07, 6.45) is 0. The Morgan fingerprint density at radius 3 is 3.15 bits per heavy atom. The van der Waals surface area contributed by atoms with Gasteiger partial charge in [-0.05, 0) is 30.7 Å². The van der Waals surface area contributed by atoms with Gasteiger partial charge in [-0.3, -0.25) is 9.67 Å². The molecular formula is C6H7N5S2. The maximum Gasteiger partial charge on any atom is 0.195 e. The summed E-state index contributed by atoms with van der Waals surface area (Å²) < 4.78 is 6.27. The van der Waals surface area contributed by atoms with Crippen molar-refractivity contribution < 1.29 is 0 Å². The van der Waals surface area contributed by atoms with Crippen LogP contribution >= 0.6 is 23.8 Å². The summed E-state index contributed by atoms with van der Waals surface area (Å²) in [5, 5.41) is 12.6. The van der Waals surface area contributed by atoms with Gasteiger partial charge in [-0.15, -0.1) is 5.10 Å². The van der Waals surface area contributed by atoms with E-state index in [0.29, 0.717) is 4.77 Å². The van der Waals surface area contributed by atoms with E-state index in [-0.39, 0.29) is 0 Å². The van der Waals surface area contributed by atoms with Gasteiger partial charge in [0, 0.05) is 11.9 Å². The van der Waals surface area contributed by atoms with E-state index in [0.717, 1.165) is 18.1 Å². The number of nitrogens with zero attached hydrogens (tertiary/aromatic N) is 4. The van der Waals surface area contributed by atoms with Gasteiger partial charge in [0.2, 0.25) is 0 Å². The van der Waals surface area contributed by atoms with E-state index < -0.39 is 0 Å². The Morgan fingerprint density at radius 1 is 1.69 bits per heavy atom. The highest BCUT2D eigenvalue weighted by molar-refractivity contribution is 7.71. The molecule has 2 aromatic heterocycles. The van der Waals surface area contributed by atoms with Crippen LogP contribution in [0.5, 0.6) is 0 Å². The second-order valence-corrected chi connectivity index (χ2v) is 3.38. The standard InChI is InChI=1S/C6H7N5S2/c1-2-11-5(8-9-6(11)12)4-3-13-10-7-4/h3H,2H2,1H3,(H,9,12). The van der Waals surface area contributed by atoms with Gasteiger partial charge in [0.15, 0.2) is 10.6 Å². The number of nitrogens with one attached hydrogen (secondary N) is 1. The molecule has 0 aromatic carbocycles. The average molecular weight is 213 g/mol. The first-order chi connectivity index (χ1) is 6.33. The lowest BCUT2D eigenvalue weighted by molar-refractivity contribution is 0.753. The van der Waals surface area contributed by atoms with Crippen molar-refractivity contribution >= 4 is 23.8 Å². The molecule has 2 heterocycles. The molecule has 0 aliphatic rings. The van der Waals surface area contributed by atoms with E-state index in [9.17, 15) is 0 Å². The van der Waals surface area contributed by atoms with Gasteiger partial charge in [0.1, 0.15) is 5.69 Å². The van der Waals surface area contributed by atoms with Gasteiger partial charge in [0.25, 0.3) is 0 Å². The number of aromatic nitrogens is 5. The number of aromatic amines is 1.